The Bertz CT molecular complexity index is 433. The van der Waals surface area contributed by atoms with Gasteiger partial charge in [0, 0.05) is 6.07 Å². The van der Waals surface area contributed by atoms with Gasteiger partial charge in [-0.05, 0) is 6.07 Å². The molecule has 1 N–H and O–H groups in total. The van der Waals surface area contributed by atoms with Gasteiger partial charge in [-0.2, -0.15) is 0 Å². The Labute approximate surface area is 88.5 Å². The number of carbonyl (C=O) groups is 1. The number of benzene rings is 1. The van der Waals surface area contributed by atoms with Crippen molar-refractivity contribution in [2.75, 3.05) is 0 Å². The molecule has 0 aliphatic heterocycles. The van der Waals surface area contributed by atoms with E-state index in [4.69, 9.17) is 5.11 Å². The van der Waals surface area contributed by atoms with Crippen LogP contribution in [0.25, 0.3) is 0 Å². The van der Waals surface area contributed by atoms with Crippen LogP contribution in [0.5, 0.6) is 0 Å². The van der Waals surface area contributed by atoms with E-state index in [1.54, 1.807) is 0 Å². The Hall–Kier alpha value is -2.05. The smallest absolute Gasteiger partial charge is 0.309 e. The number of halogens is 2. The Morgan fingerprint density at radius 1 is 1.44 bits per heavy atom. The molecule has 0 radical (unpaired) electrons. The van der Waals surface area contributed by atoms with Gasteiger partial charge in [-0.3, -0.25) is 14.9 Å². The van der Waals surface area contributed by atoms with Crippen LogP contribution >= 0.6 is 0 Å². The number of carboxylic acids is 1. The molecule has 86 valence electrons. The number of rotatable bonds is 4. The number of hydrogen-bond donors (Lipinski definition) is 1. The summed E-state index contributed by atoms with van der Waals surface area (Å²) >= 11 is 0. The van der Waals surface area contributed by atoms with Gasteiger partial charge in [-0.1, -0.05) is 12.1 Å². The Morgan fingerprint density at radius 3 is 2.50 bits per heavy atom. The standard InChI is InChI=1S/C9H7F2NO4/c10-9(11,5-8(13)14)6-3-1-2-4-7(6)12(15)16/h1-4H,5H2,(H,13,14). The zero-order valence-electron chi connectivity index (χ0n) is 7.89. The molecule has 0 aliphatic rings. The SMILES string of the molecule is O=C(O)CC(F)(F)c1ccccc1[N+](=O)[O-]. The predicted molar refractivity (Wildman–Crippen MR) is 49.2 cm³/mol. The molecule has 0 aromatic heterocycles. The molecule has 0 spiro atoms. The summed E-state index contributed by atoms with van der Waals surface area (Å²) < 4.78 is 26.7. The van der Waals surface area contributed by atoms with E-state index < -0.39 is 34.5 Å². The molecule has 0 fully saturated rings. The van der Waals surface area contributed by atoms with E-state index in [0.29, 0.717) is 0 Å². The second-order valence-corrected chi connectivity index (χ2v) is 3.05. The first-order valence-corrected chi connectivity index (χ1v) is 4.18. The molecule has 0 aliphatic carbocycles. The highest BCUT2D eigenvalue weighted by Crippen LogP contribution is 2.37. The third-order valence-corrected chi connectivity index (χ3v) is 1.87. The molecule has 0 saturated heterocycles. The second kappa shape index (κ2) is 4.21. The van der Waals surface area contributed by atoms with Crippen LogP contribution in [0.4, 0.5) is 14.5 Å². The van der Waals surface area contributed by atoms with Gasteiger partial charge < -0.3 is 5.11 Å². The number of nitro groups is 1. The highest BCUT2D eigenvalue weighted by Gasteiger charge is 2.40. The molecular weight excluding hydrogens is 224 g/mol. The number of alkyl halides is 2. The average molecular weight is 231 g/mol. The van der Waals surface area contributed by atoms with Crippen molar-refractivity contribution in [1.29, 1.82) is 0 Å². The number of carboxylic acid groups (broad SMARTS) is 1. The van der Waals surface area contributed by atoms with Crippen LogP contribution in [0.2, 0.25) is 0 Å². The third kappa shape index (κ3) is 2.50. The summed E-state index contributed by atoms with van der Waals surface area (Å²) in [6, 6.07) is 4.18. The van der Waals surface area contributed by atoms with Crippen LogP contribution in [-0.4, -0.2) is 16.0 Å². The van der Waals surface area contributed by atoms with Crippen molar-refractivity contribution in [3.63, 3.8) is 0 Å². The molecule has 0 unspecified atom stereocenters. The second-order valence-electron chi connectivity index (χ2n) is 3.05. The fourth-order valence-corrected chi connectivity index (χ4v) is 1.23. The van der Waals surface area contributed by atoms with E-state index >= 15 is 0 Å². The summed E-state index contributed by atoms with van der Waals surface area (Å²) in [6.45, 7) is 0. The van der Waals surface area contributed by atoms with Crippen LogP contribution in [0.1, 0.15) is 12.0 Å². The number of para-hydroxylation sites is 1. The van der Waals surface area contributed by atoms with Crippen molar-refractivity contribution < 1.29 is 23.6 Å². The fourth-order valence-electron chi connectivity index (χ4n) is 1.23. The van der Waals surface area contributed by atoms with Crippen LogP contribution in [0.3, 0.4) is 0 Å². The highest BCUT2D eigenvalue weighted by molar-refractivity contribution is 5.68. The predicted octanol–water partition coefficient (Wildman–Crippen LogP) is 2.16. The molecule has 1 aromatic rings. The molecule has 16 heavy (non-hydrogen) atoms. The highest BCUT2D eigenvalue weighted by atomic mass is 19.3. The van der Waals surface area contributed by atoms with E-state index in [-0.39, 0.29) is 0 Å². The van der Waals surface area contributed by atoms with E-state index in [1.807, 2.05) is 0 Å². The monoisotopic (exact) mass is 231 g/mol. The van der Waals surface area contributed by atoms with Crippen molar-refractivity contribution in [1.82, 2.24) is 0 Å². The summed E-state index contributed by atoms with van der Waals surface area (Å²) in [4.78, 5) is 19.7. The lowest BCUT2D eigenvalue weighted by Crippen LogP contribution is -2.19. The van der Waals surface area contributed by atoms with Crippen molar-refractivity contribution in [2.24, 2.45) is 0 Å². The maximum absolute atomic E-state index is 13.3. The topological polar surface area (TPSA) is 80.4 Å². The van der Waals surface area contributed by atoms with Crippen LogP contribution < -0.4 is 0 Å². The summed E-state index contributed by atoms with van der Waals surface area (Å²) in [5, 5.41) is 18.8. The Balaban J connectivity index is 3.21. The summed E-state index contributed by atoms with van der Waals surface area (Å²) in [5.41, 5.74) is -1.67. The minimum absolute atomic E-state index is 0.784. The van der Waals surface area contributed by atoms with Gasteiger partial charge in [-0.15, -0.1) is 0 Å². The Kier molecular flexibility index (Phi) is 3.17. The Morgan fingerprint density at radius 2 is 2.00 bits per heavy atom. The summed E-state index contributed by atoms with van der Waals surface area (Å²) in [5.74, 6) is -5.47. The molecule has 5 nitrogen and oxygen atoms in total. The van der Waals surface area contributed by atoms with Gasteiger partial charge in [0.15, 0.2) is 0 Å². The molecular formula is C9H7F2NO4. The van der Waals surface area contributed by atoms with E-state index in [2.05, 4.69) is 0 Å². The van der Waals surface area contributed by atoms with Crippen molar-refractivity contribution >= 4 is 11.7 Å². The molecule has 1 aromatic carbocycles. The van der Waals surface area contributed by atoms with E-state index in [1.165, 1.54) is 12.1 Å². The zero-order chi connectivity index (χ0) is 12.3. The van der Waals surface area contributed by atoms with E-state index in [9.17, 15) is 23.7 Å². The van der Waals surface area contributed by atoms with Crippen molar-refractivity contribution in [3.05, 3.63) is 39.9 Å². The normalized spacial score (nSPS) is 11.1. The van der Waals surface area contributed by atoms with Crippen LogP contribution in [0.15, 0.2) is 24.3 Å². The summed E-state index contributed by atoms with van der Waals surface area (Å²) in [7, 11) is 0. The van der Waals surface area contributed by atoms with Gasteiger partial charge in [0.25, 0.3) is 11.6 Å². The van der Waals surface area contributed by atoms with Gasteiger partial charge in [0.05, 0.1) is 10.5 Å². The van der Waals surface area contributed by atoms with Crippen LogP contribution in [-0.2, 0) is 10.7 Å². The van der Waals surface area contributed by atoms with Gasteiger partial charge in [-0.25, -0.2) is 8.78 Å². The van der Waals surface area contributed by atoms with Gasteiger partial charge in [0.2, 0.25) is 0 Å². The lowest BCUT2D eigenvalue weighted by atomic mass is 10.0. The minimum Gasteiger partial charge on any atom is -0.481 e. The van der Waals surface area contributed by atoms with E-state index in [0.717, 1.165) is 12.1 Å². The number of aliphatic carboxylic acids is 1. The molecule has 0 atom stereocenters. The lowest BCUT2D eigenvalue weighted by Gasteiger charge is -2.13. The number of hydrogen-bond acceptors (Lipinski definition) is 3. The fraction of sp³-hybridized carbons (Fsp3) is 0.222. The van der Waals surface area contributed by atoms with Crippen LogP contribution in [0, 0.1) is 10.1 Å². The maximum Gasteiger partial charge on any atom is 0.309 e. The largest absolute Gasteiger partial charge is 0.481 e. The van der Waals surface area contributed by atoms with Gasteiger partial charge >= 0.3 is 5.97 Å². The molecule has 7 heteroatoms. The molecule has 1 rings (SSSR count). The molecule has 0 amide bonds. The average Bonchev–Trinajstić information content (AvgIpc) is 2.15. The van der Waals surface area contributed by atoms with Gasteiger partial charge in [0.1, 0.15) is 6.42 Å². The first-order valence-electron chi connectivity index (χ1n) is 4.18. The minimum atomic E-state index is -3.75. The molecule has 0 heterocycles. The lowest BCUT2D eigenvalue weighted by molar-refractivity contribution is -0.387. The first kappa shape index (κ1) is 12.0. The summed E-state index contributed by atoms with van der Waals surface area (Å²) in [6.07, 6.45) is -1.47. The maximum atomic E-state index is 13.3. The van der Waals surface area contributed by atoms with Crippen molar-refractivity contribution in [2.45, 2.75) is 12.3 Å². The van der Waals surface area contributed by atoms with Crippen molar-refractivity contribution in [3.8, 4) is 0 Å². The first-order chi connectivity index (χ1) is 7.34. The number of nitro benzene ring substituents is 1. The quantitative estimate of drug-likeness (QED) is 0.635. The molecule has 0 bridgehead atoms. The zero-order valence-corrected chi connectivity index (χ0v) is 7.89. The third-order valence-electron chi connectivity index (χ3n) is 1.87. The number of nitrogens with zero attached hydrogens (tertiary/aromatic N) is 1. The molecule has 0 saturated carbocycles.